The summed E-state index contributed by atoms with van der Waals surface area (Å²) in [6, 6.07) is 10.0. The van der Waals surface area contributed by atoms with Crippen molar-refractivity contribution in [3.8, 4) is 0 Å². The number of hydrogen-bond donors (Lipinski definition) is 2. The van der Waals surface area contributed by atoms with Crippen molar-refractivity contribution >= 4 is 11.7 Å². The van der Waals surface area contributed by atoms with Crippen LogP contribution in [0.5, 0.6) is 0 Å². The molecule has 3 nitrogen and oxygen atoms in total. The molecule has 2 aromatic rings. The van der Waals surface area contributed by atoms with Gasteiger partial charge in [-0.15, -0.1) is 0 Å². The van der Waals surface area contributed by atoms with Gasteiger partial charge in [-0.3, -0.25) is 0 Å². The van der Waals surface area contributed by atoms with Gasteiger partial charge in [-0.1, -0.05) is 18.2 Å². The topological polar surface area (TPSA) is 49.3 Å². The molecule has 1 atom stereocenters. The summed E-state index contributed by atoms with van der Waals surface area (Å²) < 4.78 is 26.4. The lowest BCUT2D eigenvalue weighted by Gasteiger charge is -2.17. The Morgan fingerprint density at radius 3 is 2.48 bits per heavy atom. The smallest absolute Gasteiger partial charge is 0.340 e. The fourth-order valence-electron chi connectivity index (χ4n) is 2.15. The van der Waals surface area contributed by atoms with E-state index in [4.69, 9.17) is 5.11 Å². The van der Waals surface area contributed by atoms with Crippen molar-refractivity contribution in [1.82, 2.24) is 0 Å². The van der Waals surface area contributed by atoms with E-state index in [1.165, 1.54) is 24.3 Å². The van der Waals surface area contributed by atoms with Crippen molar-refractivity contribution in [3.05, 3.63) is 65.2 Å². The zero-order valence-corrected chi connectivity index (χ0v) is 11.4. The first-order valence-electron chi connectivity index (χ1n) is 6.50. The third kappa shape index (κ3) is 3.78. The molecule has 21 heavy (non-hydrogen) atoms. The number of nitrogens with one attached hydrogen (secondary N) is 1. The van der Waals surface area contributed by atoms with Crippen molar-refractivity contribution in [2.75, 3.05) is 5.32 Å². The number of aromatic carboxylic acids is 1. The van der Waals surface area contributed by atoms with E-state index >= 15 is 0 Å². The molecule has 0 aliphatic rings. The van der Waals surface area contributed by atoms with Crippen LogP contribution >= 0.6 is 0 Å². The van der Waals surface area contributed by atoms with Crippen LogP contribution in [0.4, 0.5) is 14.5 Å². The Morgan fingerprint density at radius 1 is 1.19 bits per heavy atom. The number of halogens is 2. The largest absolute Gasteiger partial charge is 0.478 e. The number of carboxylic acid groups (broad SMARTS) is 1. The molecule has 0 saturated carbocycles. The second kappa shape index (κ2) is 6.35. The van der Waals surface area contributed by atoms with Gasteiger partial charge in [-0.25, -0.2) is 13.6 Å². The summed E-state index contributed by atoms with van der Waals surface area (Å²) >= 11 is 0. The van der Waals surface area contributed by atoms with Crippen LogP contribution in [0.2, 0.25) is 0 Å². The molecule has 0 spiro atoms. The normalized spacial score (nSPS) is 12.0. The standard InChI is InChI=1S/C16H15F2NO2/c1-10(9-11-5-7-12(17)8-6-11)19-14-4-2-3-13(18)15(14)16(20)21/h2-8,10,19H,9H2,1H3,(H,20,21). The van der Waals surface area contributed by atoms with E-state index < -0.39 is 11.8 Å². The van der Waals surface area contributed by atoms with E-state index in [9.17, 15) is 13.6 Å². The van der Waals surface area contributed by atoms with E-state index in [1.807, 2.05) is 6.92 Å². The molecule has 1 unspecified atom stereocenters. The predicted octanol–water partition coefficient (Wildman–Crippen LogP) is 3.71. The van der Waals surface area contributed by atoms with Gasteiger partial charge >= 0.3 is 5.97 Å². The highest BCUT2D eigenvalue weighted by Crippen LogP contribution is 2.20. The molecule has 2 N–H and O–H groups in total. The van der Waals surface area contributed by atoms with E-state index in [0.717, 1.165) is 11.6 Å². The summed E-state index contributed by atoms with van der Waals surface area (Å²) in [4.78, 5) is 11.1. The molecular weight excluding hydrogens is 276 g/mol. The van der Waals surface area contributed by atoms with E-state index in [1.54, 1.807) is 12.1 Å². The molecule has 0 saturated heterocycles. The Morgan fingerprint density at radius 2 is 1.86 bits per heavy atom. The molecule has 0 amide bonds. The number of rotatable bonds is 5. The molecule has 2 rings (SSSR count). The third-order valence-electron chi connectivity index (χ3n) is 3.08. The van der Waals surface area contributed by atoms with Gasteiger partial charge in [-0.05, 0) is 43.2 Å². The van der Waals surface area contributed by atoms with Gasteiger partial charge in [0.1, 0.15) is 17.2 Å². The van der Waals surface area contributed by atoms with Gasteiger partial charge in [0.05, 0.1) is 5.69 Å². The fourth-order valence-corrected chi connectivity index (χ4v) is 2.15. The number of anilines is 1. The lowest BCUT2D eigenvalue weighted by Crippen LogP contribution is -2.20. The minimum atomic E-state index is -1.32. The van der Waals surface area contributed by atoms with Crippen LogP contribution in [-0.2, 0) is 6.42 Å². The van der Waals surface area contributed by atoms with Crippen molar-refractivity contribution in [2.45, 2.75) is 19.4 Å². The lowest BCUT2D eigenvalue weighted by atomic mass is 10.1. The predicted molar refractivity (Wildman–Crippen MR) is 76.5 cm³/mol. The van der Waals surface area contributed by atoms with Gasteiger partial charge in [0.25, 0.3) is 0 Å². The van der Waals surface area contributed by atoms with Gasteiger partial charge in [0.2, 0.25) is 0 Å². The number of carbonyl (C=O) groups is 1. The van der Waals surface area contributed by atoms with Crippen molar-refractivity contribution in [3.63, 3.8) is 0 Å². The Hall–Kier alpha value is -2.43. The van der Waals surface area contributed by atoms with Gasteiger partial charge in [-0.2, -0.15) is 0 Å². The van der Waals surface area contributed by atoms with Crippen LogP contribution in [-0.4, -0.2) is 17.1 Å². The Bertz CT molecular complexity index is 641. The monoisotopic (exact) mass is 291 g/mol. The molecule has 0 aliphatic carbocycles. The first-order chi connectivity index (χ1) is 9.97. The maximum absolute atomic E-state index is 13.6. The van der Waals surface area contributed by atoms with Crippen LogP contribution in [0, 0.1) is 11.6 Å². The lowest BCUT2D eigenvalue weighted by molar-refractivity contribution is 0.0693. The minimum Gasteiger partial charge on any atom is -0.478 e. The van der Waals surface area contributed by atoms with Gasteiger partial charge < -0.3 is 10.4 Å². The summed E-state index contributed by atoms with van der Waals surface area (Å²) in [5.74, 6) is -2.40. The molecule has 2 aromatic carbocycles. The summed E-state index contributed by atoms with van der Waals surface area (Å²) in [5, 5.41) is 12.0. The van der Waals surface area contributed by atoms with Gasteiger partial charge in [0, 0.05) is 6.04 Å². The minimum absolute atomic E-state index is 0.129. The number of carboxylic acids is 1. The fraction of sp³-hybridized carbons (Fsp3) is 0.188. The molecule has 0 bridgehead atoms. The van der Waals surface area contributed by atoms with Crippen molar-refractivity contribution < 1.29 is 18.7 Å². The highest BCUT2D eigenvalue weighted by molar-refractivity contribution is 5.94. The Labute approximate surface area is 121 Å². The molecule has 0 heterocycles. The Kier molecular flexibility index (Phi) is 4.52. The SMILES string of the molecule is CC(Cc1ccc(F)cc1)Nc1cccc(F)c1C(=O)O. The van der Waals surface area contributed by atoms with Crippen LogP contribution in [0.15, 0.2) is 42.5 Å². The van der Waals surface area contributed by atoms with Crippen LogP contribution < -0.4 is 5.32 Å². The molecule has 110 valence electrons. The van der Waals surface area contributed by atoms with E-state index in [0.29, 0.717) is 6.42 Å². The number of hydrogen-bond acceptors (Lipinski definition) is 2. The third-order valence-corrected chi connectivity index (χ3v) is 3.08. The maximum Gasteiger partial charge on any atom is 0.340 e. The molecule has 0 aliphatic heterocycles. The highest BCUT2D eigenvalue weighted by atomic mass is 19.1. The van der Waals surface area contributed by atoms with Crippen molar-refractivity contribution in [2.24, 2.45) is 0 Å². The summed E-state index contributed by atoms with van der Waals surface area (Å²) in [7, 11) is 0. The Balaban J connectivity index is 2.13. The first kappa shape index (κ1) is 15.0. The summed E-state index contributed by atoms with van der Waals surface area (Å²) in [5.41, 5.74) is 0.769. The summed E-state index contributed by atoms with van der Waals surface area (Å²) in [6.07, 6.45) is 0.565. The van der Waals surface area contributed by atoms with Crippen LogP contribution in [0.3, 0.4) is 0 Å². The average Bonchev–Trinajstić information content (AvgIpc) is 2.41. The van der Waals surface area contributed by atoms with Crippen LogP contribution in [0.25, 0.3) is 0 Å². The number of benzene rings is 2. The second-order valence-corrected chi connectivity index (χ2v) is 4.84. The maximum atomic E-state index is 13.6. The van der Waals surface area contributed by atoms with E-state index in [-0.39, 0.29) is 23.1 Å². The quantitative estimate of drug-likeness (QED) is 0.883. The zero-order chi connectivity index (χ0) is 15.4. The van der Waals surface area contributed by atoms with E-state index in [2.05, 4.69) is 5.32 Å². The molecular formula is C16H15F2NO2. The zero-order valence-electron chi connectivity index (χ0n) is 11.4. The molecule has 0 fully saturated rings. The highest BCUT2D eigenvalue weighted by Gasteiger charge is 2.16. The summed E-state index contributed by atoms with van der Waals surface area (Å²) in [6.45, 7) is 1.85. The first-order valence-corrected chi connectivity index (χ1v) is 6.50. The molecule has 0 aromatic heterocycles. The van der Waals surface area contributed by atoms with Crippen LogP contribution in [0.1, 0.15) is 22.8 Å². The van der Waals surface area contributed by atoms with Crippen molar-refractivity contribution in [1.29, 1.82) is 0 Å². The molecule has 0 radical (unpaired) electrons. The second-order valence-electron chi connectivity index (χ2n) is 4.84. The molecule has 5 heteroatoms. The average molecular weight is 291 g/mol. The van der Waals surface area contributed by atoms with Gasteiger partial charge in [0.15, 0.2) is 0 Å².